The molecule has 102 valence electrons. The van der Waals surface area contributed by atoms with E-state index < -0.39 is 24.1 Å². The second kappa shape index (κ2) is 5.52. The van der Waals surface area contributed by atoms with E-state index in [2.05, 4.69) is 9.47 Å². The predicted octanol–water partition coefficient (Wildman–Crippen LogP) is 3.66. The van der Waals surface area contributed by atoms with Crippen LogP contribution in [-0.2, 0) is 9.47 Å². The van der Waals surface area contributed by atoms with E-state index in [9.17, 15) is 17.6 Å². The molecule has 0 N–H and O–H groups in total. The van der Waals surface area contributed by atoms with Crippen molar-refractivity contribution in [1.29, 1.82) is 0 Å². The largest absolute Gasteiger partial charge is 0.358 e. The first kappa shape index (κ1) is 14.7. The molecular weight excluding hydrogens is 240 g/mol. The molecule has 1 fully saturated rings. The van der Waals surface area contributed by atoms with Gasteiger partial charge in [-0.3, -0.25) is 0 Å². The zero-order valence-electron chi connectivity index (χ0n) is 10.0. The highest BCUT2D eigenvalue weighted by Gasteiger charge is 2.45. The van der Waals surface area contributed by atoms with Crippen LogP contribution in [0.4, 0.5) is 17.6 Å². The third kappa shape index (κ3) is 3.55. The van der Waals surface area contributed by atoms with Crippen LogP contribution in [-0.4, -0.2) is 26.4 Å². The second-order valence-electron chi connectivity index (χ2n) is 4.43. The molecule has 0 bridgehead atoms. The minimum absolute atomic E-state index is 0.0322. The first-order valence-electron chi connectivity index (χ1n) is 5.69. The Morgan fingerprint density at radius 3 is 1.41 bits per heavy atom. The summed E-state index contributed by atoms with van der Waals surface area (Å²) in [7, 11) is 1.87. The van der Waals surface area contributed by atoms with Gasteiger partial charge >= 0.3 is 12.2 Å². The number of methoxy groups -OCH3 is 2. The van der Waals surface area contributed by atoms with E-state index in [1.807, 2.05) is 0 Å². The fourth-order valence-electron chi connectivity index (χ4n) is 2.31. The van der Waals surface area contributed by atoms with Crippen molar-refractivity contribution in [2.45, 2.75) is 44.3 Å². The topological polar surface area (TPSA) is 18.5 Å². The lowest BCUT2D eigenvalue weighted by Gasteiger charge is -2.25. The van der Waals surface area contributed by atoms with Crippen LogP contribution in [0.1, 0.15) is 32.1 Å². The Morgan fingerprint density at radius 2 is 1.12 bits per heavy atom. The summed E-state index contributed by atoms with van der Waals surface area (Å²) < 4.78 is 61.4. The van der Waals surface area contributed by atoms with Crippen LogP contribution >= 0.6 is 0 Å². The molecule has 0 amide bonds. The number of hydrogen-bond acceptors (Lipinski definition) is 2. The van der Waals surface area contributed by atoms with Crippen LogP contribution in [0, 0.1) is 11.8 Å². The molecule has 0 aliphatic heterocycles. The molecule has 2 nitrogen and oxygen atoms in total. The second-order valence-corrected chi connectivity index (χ2v) is 4.43. The van der Waals surface area contributed by atoms with Gasteiger partial charge in [-0.05, 0) is 25.7 Å². The Hall–Kier alpha value is -0.360. The fraction of sp³-hybridized carbons (Fsp3) is 1.00. The van der Waals surface area contributed by atoms with E-state index in [1.165, 1.54) is 0 Å². The monoisotopic (exact) mass is 258 g/mol. The summed E-state index contributed by atoms with van der Waals surface area (Å²) in [6.45, 7) is 0. The standard InChI is InChI=1S/C11H18F4O2/c1-16-10(12,13)8-4-3-5-9(7-6-8)11(14,15)17-2/h8-9H,3-7H2,1-2H3. The third-order valence-corrected chi connectivity index (χ3v) is 3.46. The van der Waals surface area contributed by atoms with Gasteiger partial charge in [-0.1, -0.05) is 6.42 Å². The van der Waals surface area contributed by atoms with Gasteiger partial charge < -0.3 is 9.47 Å². The van der Waals surface area contributed by atoms with Gasteiger partial charge in [0.05, 0.1) is 11.8 Å². The minimum Gasteiger partial charge on any atom is -0.324 e. The zero-order valence-corrected chi connectivity index (χ0v) is 10.0. The molecule has 0 aromatic heterocycles. The maximum absolute atomic E-state index is 13.3. The molecule has 0 saturated heterocycles. The van der Waals surface area contributed by atoms with Gasteiger partial charge in [-0.15, -0.1) is 0 Å². The van der Waals surface area contributed by atoms with Gasteiger partial charge in [0.1, 0.15) is 0 Å². The Bertz CT molecular complexity index is 222. The quantitative estimate of drug-likeness (QED) is 0.566. The Balaban J connectivity index is 2.62. The van der Waals surface area contributed by atoms with E-state index in [1.54, 1.807) is 0 Å². The van der Waals surface area contributed by atoms with Crippen molar-refractivity contribution < 1.29 is 27.0 Å². The average molecular weight is 258 g/mol. The van der Waals surface area contributed by atoms with E-state index >= 15 is 0 Å². The summed E-state index contributed by atoms with van der Waals surface area (Å²) in [6, 6.07) is 0. The van der Waals surface area contributed by atoms with Crippen molar-refractivity contribution >= 4 is 0 Å². The molecular formula is C11H18F4O2. The number of ether oxygens (including phenoxy) is 2. The van der Waals surface area contributed by atoms with Crippen molar-refractivity contribution in [2.24, 2.45) is 11.8 Å². The van der Waals surface area contributed by atoms with Crippen LogP contribution in [0.2, 0.25) is 0 Å². The van der Waals surface area contributed by atoms with Crippen LogP contribution in [0.3, 0.4) is 0 Å². The predicted molar refractivity (Wildman–Crippen MR) is 54.0 cm³/mol. The summed E-state index contributed by atoms with van der Waals surface area (Å²) in [4.78, 5) is 0. The highest BCUT2D eigenvalue weighted by Crippen LogP contribution is 2.42. The number of hydrogen-bond donors (Lipinski definition) is 0. The molecule has 1 rings (SSSR count). The molecule has 1 aliphatic rings. The highest BCUT2D eigenvalue weighted by molar-refractivity contribution is 4.79. The first-order chi connectivity index (χ1) is 7.83. The molecule has 0 radical (unpaired) electrons. The SMILES string of the molecule is COC(F)(F)C1CCCC(C(F)(F)OC)CC1. The summed E-state index contributed by atoms with van der Waals surface area (Å²) in [5, 5.41) is 0. The normalized spacial score (nSPS) is 27.9. The van der Waals surface area contributed by atoms with E-state index in [4.69, 9.17) is 0 Å². The summed E-state index contributed by atoms with van der Waals surface area (Å²) in [5.41, 5.74) is 0. The molecule has 17 heavy (non-hydrogen) atoms. The lowest BCUT2D eigenvalue weighted by molar-refractivity contribution is -0.266. The fourth-order valence-corrected chi connectivity index (χ4v) is 2.31. The van der Waals surface area contributed by atoms with Gasteiger partial charge in [-0.2, -0.15) is 17.6 Å². The molecule has 6 heteroatoms. The molecule has 1 aliphatic carbocycles. The van der Waals surface area contributed by atoms with Gasteiger partial charge in [-0.25, -0.2) is 0 Å². The summed E-state index contributed by atoms with van der Waals surface area (Å²) in [5.74, 6) is -1.96. The van der Waals surface area contributed by atoms with Crippen molar-refractivity contribution in [3.05, 3.63) is 0 Å². The molecule has 0 aromatic carbocycles. The maximum atomic E-state index is 13.3. The Kier molecular flexibility index (Phi) is 4.77. The van der Waals surface area contributed by atoms with Crippen LogP contribution in [0.5, 0.6) is 0 Å². The van der Waals surface area contributed by atoms with Gasteiger partial charge in [0.25, 0.3) is 0 Å². The molecule has 1 saturated carbocycles. The van der Waals surface area contributed by atoms with Crippen LogP contribution in [0.15, 0.2) is 0 Å². The number of halogens is 4. The van der Waals surface area contributed by atoms with Crippen LogP contribution in [0.25, 0.3) is 0 Å². The Morgan fingerprint density at radius 1 is 0.765 bits per heavy atom. The van der Waals surface area contributed by atoms with Gasteiger partial charge in [0.15, 0.2) is 0 Å². The molecule has 0 heterocycles. The third-order valence-electron chi connectivity index (χ3n) is 3.46. The lowest BCUT2D eigenvalue weighted by Crippen LogP contribution is -2.31. The van der Waals surface area contributed by atoms with Crippen molar-refractivity contribution in [2.75, 3.05) is 14.2 Å². The Labute approximate surface area is 98.3 Å². The summed E-state index contributed by atoms with van der Waals surface area (Å²) in [6.07, 6.45) is -5.63. The van der Waals surface area contributed by atoms with E-state index in [0.717, 1.165) is 14.2 Å². The van der Waals surface area contributed by atoms with Crippen molar-refractivity contribution in [1.82, 2.24) is 0 Å². The van der Waals surface area contributed by atoms with E-state index in [-0.39, 0.29) is 25.7 Å². The lowest BCUT2D eigenvalue weighted by atomic mass is 9.96. The van der Waals surface area contributed by atoms with Crippen molar-refractivity contribution in [3.63, 3.8) is 0 Å². The number of rotatable bonds is 4. The molecule has 2 unspecified atom stereocenters. The molecule has 2 atom stereocenters. The first-order valence-corrected chi connectivity index (χ1v) is 5.69. The zero-order chi connectivity index (χ0) is 13.1. The molecule has 0 spiro atoms. The van der Waals surface area contributed by atoms with Gasteiger partial charge in [0, 0.05) is 14.2 Å². The van der Waals surface area contributed by atoms with Crippen LogP contribution < -0.4 is 0 Å². The maximum Gasteiger partial charge on any atom is 0.358 e. The highest BCUT2D eigenvalue weighted by atomic mass is 19.3. The minimum atomic E-state index is -3.22. The van der Waals surface area contributed by atoms with E-state index in [0.29, 0.717) is 6.42 Å². The van der Waals surface area contributed by atoms with Crippen molar-refractivity contribution in [3.8, 4) is 0 Å². The number of alkyl halides is 4. The molecule has 0 aromatic rings. The smallest absolute Gasteiger partial charge is 0.324 e. The summed E-state index contributed by atoms with van der Waals surface area (Å²) >= 11 is 0. The van der Waals surface area contributed by atoms with Gasteiger partial charge in [0.2, 0.25) is 0 Å². The average Bonchev–Trinajstić information content (AvgIpc) is 2.55.